The summed E-state index contributed by atoms with van der Waals surface area (Å²) in [6.07, 6.45) is 5.11. The number of methoxy groups -OCH3 is 2. The van der Waals surface area contributed by atoms with Gasteiger partial charge in [0, 0.05) is 5.41 Å². The molecule has 2 aromatic carbocycles. The average Bonchev–Trinajstić information content (AvgIpc) is 3.35. The highest BCUT2D eigenvalue weighted by atomic mass is 16.5. The van der Waals surface area contributed by atoms with Gasteiger partial charge in [0.1, 0.15) is 11.5 Å². The van der Waals surface area contributed by atoms with Crippen molar-refractivity contribution in [1.29, 1.82) is 0 Å². The zero-order chi connectivity index (χ0) is 16.3. The highest BCUT2D eigenvalue weighted by Crippen LogP contribution is 2.61. The van der Waals surface area contributed by atoms with Crippen LogP contribution in [0.4, 0.5) is 0 Å². The van der Waals surface area contributed by atoms with Crippen molar-refractivity contribution in [3.63, 3.8) is 0 Å². The Morgan fingerprint density at radius 2 is 1.35 bits per heavy atom. The Hall–Kier alpha value is -1.96. The molecule has 1 saturated carbocycles. The van der Waals surface area contributed by atoms with Crippen molar-refractivity contribution < 1.29 is 9.47 Å². The molecule has 1 unspecified atom stereocenters. The largest absolute Gasteiger partial charge is 0.497 e. The minimum atomic E-state index is 0.174. The number of ether oxygens (including phenoxy) is 2. The minimum absolute atomic E-state index is 0.174. The fourth-order valence-electron chi connectivity index (χ4n) is 3.78. The molecule has 0 amide bonds. The second-order valence-electron chi connectivity index (χ2n) is 6.47. The van der Waals surface area contributed by atoms with E-state index in [9.17, 15) is 0 Å². The van der Waals surface area contributed by atoms with Gasteiger partial charge < -0.3 is 9.47 Å². The molecule has 0 spiro atoms. The molecule has 0 aliphatic heterocycles. The van der Waals surface area contributed by atoms with E-state index in [1.54, 1.807) is 14.2 Å². The lowest BCUT2D eigenvalue weighted by Crippen LogP contribution is -2.12. The van der Waals surface area contributed by atoms with Crippen molar-refractivity contribution in [2.45, 2.75) is 38.0 Å². The van der Waals surface area contributed by atoms with Crippen molar-refractivity contribution in [1.82, 2.24) is 0 Å². The Balaban J connectivity index is 1.94. The van der Waals surface area contributed by atoms with Gasteiger partial charge in [0.15, 0.2) is 0 Å². The third-order valence-corrected chi connectivity index (χ3v) is 5.22. The molecule has 2 aromatic rings. The minimum Gasteiger partial charge on any atom is -0.497 e. The van der Waals surface area contributed by atoms with E-state index in [4.69, 9.17) is 9.47 Å². The lowest BCUT2D eigenvalue weighted by Gasteiger charge is -2.20. The summed E-state index contributed by atoms with van der Waals surface area (Å²) in [5.74, 6) is 2.58. The summed E-state index contributed by atoms with van der Waals surface area (Å²) in [4.78, 5) is 0. The molecule has 3 rings (SSSR count). The van der Waals surface area contributed by atoms with Gasteiger partial charge in [0.2, 0.25) is 0 Å². The van der Waals surface area contributed by atoms with E-state index in [0.29, 0.717) is 0 Å². The molecule has 2 heteroatoms. The summed E-state index contributed by atoms with van der Waals surface area (Å²) in [7, 11) is 3.44. The molecule has 122 valence electrons. The molecule has 1 aliphatic rings. The van der Waals surface area contributed by atoms with Crippen LogP contribution in [0.25, 0.3) is 0 Å². The van der Waals surface area contributed by atoms with Gasteiger partial charge in [-0.05, 0) is 54.2 Å². The van der Waals surface area contributed by atoms with Crippen molar-refractivity contribution >= 4 is 0 Å². The van der Waals surface area contributed by atoms with E-state index in [2.05, 4.69) is 55.5 Å². The number of hydrogen-bond acceptors (Lipinski definition) is 2. The Bertz CT molecular complexity index is 580. The summed E-state index contributed by atoms with van der Waals surface area (Å²) in [5, 5.41) is 0. The predicted octanol–water partition coefficient (Wildman–Crippen LogP) is 5.20. The highest BCUT2D eigenvalue weighted by molar-refractivity contribution is 5.49. The van der Waals surface area contributed by atoms with E-state index in [1.165, 1.54) is 36.8 Å². The van der Waals surface area contributed by atoms with E-state index in [1.807, 2.05) is 0 Å². The average molecular weight is 310 g/mol. The van der Waals surface area contributed by atoms with Crippen molar-refractivity contribution in [2.24, 2.45) is 5.92 Å². The Kier molecular flexibility index (Phi) is 4.61. The summed E-state index contributed by atoms with van der Waals surface area (Å²) in [6, 6.07) is 17.2. The van der Waals surface area contributed by atoms with Crippen LogP contribution in [-0.2, 0) is 5.41 Å². The fourth-order valence-corrected chi connectivity index (χ4v) is 3.78. The van der Waals surface area contributed by atoms with E-state index < -0.39 is 0 Å². The van der Waals surface area contributed by atoms with E-state index in [0.717, 1.165) is 17.4 Å². The molecule has 0 saturated heterocycles. The first kappa shape index (κ1) is 15.9. The van der Waals surface area contributed by atoms with Gasteiger partial charge in [-0.1, -0.05) is 44.0 Å². The standard InChI is InChI=1S/C21H26O2/c1-4-5-6-18-15-21(18,16-7-11-19(22-2)12-8-16)17-9-13-20(23-3)14-10-17/h7-14,18H,4-6,15H2,1-3H3. The smallest absolute Gasteiger partial charge is 0.118 e. The zero-order valence-corrected chi connectivity index (χ0v) is 14.3. The molecule has 0 aromatic heterocycles. The third-order valence-electron chi connectivity index (χ3n) is 5.22. The summed E-state index contributed by atoms with van der Waals surface area (Å²) in [6.45, 7) is 2.27. The maximum atomic E-state index is 5.31. The first-order valence-corrected chi connectivity index (χ1v) is 8.53. The van der Waals surface area contributed by atoms with Gasteiger partial charge in [0.05, 0.1) is 14.2 Å². The second-order valence-corrected chi connectivity index (χ2v) is 6.47. The summed E-state index contributed by atoms with van der Waals surface area (Å²) >= 11 is 0. The molecular formula is C21H26O2. The van der Waals surface area contributed by atoms with Crippen molar-refractivity contribution in [3.05, 3.63) is 59.7 Å². The first-order chi connectivity index (χ1) is 11.2. The van der Waals surface area contributed by atoms with E-state index in [-0.39, 0.29) is 5.41 Å². The number of hydrogen-bond donors (Lipinski definition) is 0. The van der Waals surface area contributed by atoms with Crippen LogP contribution in [0.1, 0.15) is 43.7 Å². The SMILES string of the molecule is CCCCC1CC1(c1ccc(OC)cc1)c1ccc(OC)cc1. The zero-order valence-electron chi connectivity index (χ0n) is 14.3. The van der Waals surface area contributed by atoms with Gasteiger partial charge >= 0.3 is 0 Å². The van der Waals surface area contributed by atoms with Crippen molar-refractivity contribution in [3.8, 4) is 11.5 Å². The van der Waals surface area contributed by atoms with Gasteiger partial charge in [-0.15, -0.1) is 0 Å². The summed E-state index contributed by atoms with van der Waals surface area (Å²) < 4.78 is 10.6. The molecule has 1 aliphatic carbocycles. The van der Waals surface area contributed by atoms with Crippen LogP contribution in [0.2, 0.25) is 0 Å². The lowest BCUT2D eigenvalue weighted by molar-refractivity contribution is 0.414. The molecule has 0 radical (unpaired) electrons. The van der Waals surface area contributed by atoms with Gasteiger partial charge in [-0.3, -0.25) is 0 Å². The topological polar surface area (TPSA) is 18.5 Å². The molecular weight excluding hydrogens is 284 g/mol. The van der Waals surface area contributed by atoms with Crippen LogP contribution in [0, 0.1) is 5.92 Å². The first-order valence-electron chi connectivity index (χ1n) is 8.53. The quantitative estimate of drug-likeness (QED) is 0.700. The number of unbranched alkanes of at least 4 members (excludes halogenated alkanes) is 1. The van der Waals surface area contributed by atoms with Crippen molar-refractivity contribution in [2.75, 3.05) is 14.2 Å². The van der Waals surface area contributed by atoms with Crippen LogP contribution in [0.3, 0.4) is 0 Å². The predicted molar refractivity (Wildman–Crippen MR) is 94.4 cm³/mol. The molecule has 23 heavy (non-hydrogen) atoms. The van der Waals surface area contributed by atoms with Crippen LogP contribution in [0.15, 0.2) is 48.5 Å². The third kappa shape index (κ3) is 2.95. The summed E-state index contributed by atoms with van der Waals surface area (Å²) in [5.41, 5.74) is 2.99. The maximum absolute atomic E-state index is 5.31. The Morgan fingerprint density at radius 1 is 0.870 bits per heavy atom. The van der Waals surface area contributed by atoms with Crippen LogP contribution >= 0.6 is 0 Å². The second kappa shape index (κ2) is 6.66. The lowest BCUT2D eigenvalue weighted by atomic mass is 9.84. The monoisotopic (exact) mass is 310 g/mol. The van der Waals surface area contributed by atoms with Gasteiger partial charge in [-0.25, -0.2) is 0 Å². The van der Waals surface area contributed by atoms with Gasteiger partial charge in [-0.2, -0.15) is 0 Å². The maximum Gasteiger partial charge on any atom is 0.118 e. The number of benzene rings is 2. The molecule has 0 bridgehead atoms. The molecule has 1 fully saturated rings. The fraction of sp³-hybridized carbons (Fsp3) is 0.429. The van der Waals surface area contributed by atoms with Crippen LogP contribution in [0.5, 0.6) is 11.5 Å². The Morgan fingerprint density at radius 3 is 1.74 bits per heavy atom. The molecule has 1 atom stereocenters. The van der Waals surface area contributed by atoms with Crippen LogP contribution in [-0.4, -0.2) is 14.2 Å². The van der Waals surface area contributed by atoms with Crippen LogP contribution < -0.4 is 9.47 Å². The normalized spacial score (nSPS) is 18.5. The van der Waals surface area contributed by atoms with Gasteiger partial charge in [0.25, 0.3) is 0 Å². The molecule has 2 nitrogen and oxygen atoms in total. The molecule has 0 heterocycles. The van der Waals surface area contributed by atoms with E-state index >= 15 is 0 Å². The Labute approximate surface area is 139 Å². The highest BCUT2D eigenvalue weighted by Gasteiger charge is 2.55. The molecule has 0 N–H and O–H groups in total. The number of rotatable bonds is 7.